The molecule has 0 bridgehead atoms. The van der Waals surface area contributed by atoms with Crippen molar-refractivity contribution < 1.29 is 4.74 Å². The highest BCUT2D eigenvalue weighted by Crippen LogP contribution is 2.27. The third-order valence-electron chi connectivity index (χ3n) is 3.50. The van der Waals surface area contributed by atoms with Crippen molar-refractivity contribution in [2.45, 2.75) is 19.3 Å². The molecule has 1 aromatic heterocycles. The molecule has 0 spiro atoms. The van der Waals surface area contributed by atoms with Crippen LogP contribution in [0, 0.1) is 6.92 Å². The number of hydrogen-bond acceptors (Lipinski definition) is 3. The maximum absolute atomic E-state index is 6.04. The van der Waals surface area contributed by atoms with Crippen LogP contribution in [0.4, 0.5) is 0 Å². The average Bonchev–Trinajstić information content (AvgIpc) is 2.88. The standard InChI is InChI=1S/C17H22ClNOS/c1-13-3-5-14(6-4-13)15(12-19-9-10-20-2)11-16-7-8-17(18)21-16/h3-8,15,19H,9-12H2,1-2H3. The van der Waals surface area contributed by atoms with E-state index in [-0.39, 0.29) is 0 Å². The Morgan fingerprint density at radius 2 is 1.95 bits per heavy atom. The number of hydrogen-bond donors (Lipinski definition) is 1. The van der Waals surface area contributed by atoms with Crippen LogP contribution in [-0.4, -0.2) is 26.8 Å². The van der Waals surface area contributed by atoms with Crippen molar-refractivity contribution in [3.8, 4) is 0 Å². The minimum absolute atomic E-state index is 0.456. The number of nitrogens with one attached hydrogen (secondary N) is 1. The van der Waals surface area contributed by atoms with Crippen molar-refractivity contribution in [2.75, 3.05) is 26.8 Å². The molecule has 2 rings (SSSR count). The Morgan fingerprint density at radius 3 is 2.57 bits per heavy atom. The molecule has 0 saturated carbocycles. The molecule has 0 aliphatic carbocycles. The minimum Gasteiger partial charge on any atom is -0.383 e. The molecule has 1 aromatic carbocycles. The van der Waals surface area contributed by atoms with Gasteiger partial charge in [0.25, 0.3) is 0 Å². The molecule has 0 fully saturated rings. The molecule has 114 valence electrons. The van der Waals surface area contributed by atoms with Gasteiger partial charge in [-0.3, -0.25) is 0 Å². The fraction of sp³-hybridized carbons (Fsp3) is 0.412. The molecule has 0 radical (unpaired) electrons. The molecule has 0 saturated heterocycles. The second-order valence-corrected chi connectivity index (χ2v) is 7.01. The molecule has 2 aromatic rings. The van der Waals surface area contributed by atoms with E-state index in [1.807, 2.05) is 6.07 Å². The van der Waals surface area contributed by atoms with E-state index < -0.39 is 0 Å². The molecule has 1 unspecified atom stereocenters. The lowest BCUT2D eigenvalue weighted by molar-refractivity contribution is 0.199. The zero-order valence-corrected chi connectivity index (χ0v) is 14.1. The smallest absolute Gasteiger partial charge is 0.0931 e. The van der Waals surface area contributed by atoms with E-state index in [9.17, 15) is 0 Å². The van der Waals surface area contributed by atoms with Crippen LogP contribution < -0.4 is 5.32 Å². The summed E-state index contributed by atoms with van der Waals surface area (Å²) in [5, 5.41) is 3.47. The third kappa shape index (κ3) is 5.44. The molecule has 2 nitrogen and oxygen atoms in total. The second kappa shape index (κ2) is 8.54. The van der Waals surface area contributed by atoms with Crippen molar-refractivity contribution in [1.82, 2.24) is 5.32 Å². The minimum atomic E-state index is 0.456. The van der Waals surface area contributed by atoms with E-state index in [2.05, 4.69) is 42.6 Å². The predicted octanol–water partition coefficient (Wildman–Crippen LogP) is 4.27. The molecule has 0 aliphatic rings. The lowest BCUT2D eigenvalue weighted by Gasteiger charge is -2.18. The fourth-order valence-corrected chi connectivity index (χ4v) is 3.47. The molecule has 0 amide bonds. The highest BCUT2D eigenvalue weighted by molar-refractivity contribution is 7.16. The van der Waals surface area contributed by atoms with Crippen LogP contribution >= 0.6 is 22.9 Å². The van der Waals surface area contributed by atoms with Crippen LogP contribution in [0.5, 0.6) is 0 Å². The Hall–Kier alpha value is -0.870. The quantitative estimate of drug-likeness (QED) is 0.732. The lowest BCUT2D eigenvalue weighted by Crippen LogP contribution is -2.26. The summed E-state index contributed by atoms with van der Waals surface area (Å²) in [5.41, 5.74) is 2.67. The first-order chi connectivity index (χ1) is 10.2. The van der Waals surface area contributed by atoms with E-state index in [1.54, 1.807) is 18.4 Å². The lowest BCUT2D eigenvalue weighted by atomic mass is 9.94. The Labute approximate surface area is 136 Å². The highest BCUT2D eigenvalue weighted by Gasteiger charge is 2.13. The Bertz CT molecular complexity index is 538. The summed E-state index contributed by atoms with van der Waals surface area (Å²) in [5.74, 6) is 0.456. The van der Waals surface area contributed by atoms with Crippen molar-refractivity contribution >= 4 is 22.9 Å². The maximum Gasteiger partial charge on any atom is 0.0931 e. The van der Waals surface area contributed by atoms with Gasteiger partial charge in [0.05, 0.1) is 10.9 Å². The molecular formula is C17H22ClNOS. The SMILES string of the molecule is COCCNCC(Cc1ccc(Cl)s1)c1ccc(C)cc1. The number of aryl methyl sites for hydroxylation is 1. The van der Waals surface area contributed by atoms with Gasteiger partial charge in [0.2, 0.25) is 0 Å². The van der Waals surface area contributed by atoms with Gasteiger partial charge in [-0.05, 0) is 31.0 Å². The van der Waals surface area contributed by atoms with Crippen LogP contribution in [-0.2, 0) is 11.2 Å². The van der Waals surface area contributed by atoms with Crippen LogP contribution in [0.15, 0.2) is 36.4 Å². The first-order valence-corrected chi connectivity index (χ1v) is 8.39. The highest BCUT2D eigenvalue weighted by atomic mass is 35.5. The normalized spacial score (nSPS) is 12.5. The Kier molecular flexibility index (Phi) is 6.71. The Morgan fingerprint density at radius 1 is 1.19 bits per heavy atom. The Balaban J connectivity index is 2.04. The number of halogens is 1. The van der Waals surface area contributed by atoms with Crippen LogP contribution in [0.3, 0.4) is 0 Å². The summed E-state index contributed by atoms with van der Waals surface area (Å²) in [7, 11) is 1.73. The number of rotatable bonds is 8. The summed E-state index contributed by atoms with van der Waals surface area (Å²) in [6.07, 6.45) is 1.01. The number of methoxy groups -OCH3 is 1. The van der Waals surface area contributed by atoms with E-state index in [1.165, 1.54) is 16.0 Å². The molecule has 4 heteroatoms. The van der Waals surface area contributed by atoms with Crippen molar-refractivity contribution in [2.24, 2.45) is 0 Å². The van der Waals surface area contributed by atoms with Crippen molar-refractivity contribution in [3.63, 3.8) is 0 Å². The topological polar surface area (TPSA) is 21.3 Å². The number of benzene rings is 1. The van der Waals surface area contributed by atoms with Crippen molar-refractivity contribution in [1.29, 1.82) is 0 Å². The third-order valence-corrected chi connectivity index (χ3v) is 4.75. The van der Waals surface area contributed by atoms with Crippen LogP contribution in [0.1, 0.15) is 21.9 Å². The largest absolute Gasteiger partial charge is 0.383 e. The molecule has 1 N–H and O–H groups in total. The summed E-state index contributed by atoms with van der Waals surface area (Å²) >= 11 is 7.71. The zero-order valence-electron chi connectivity index (χ0n) is 12.6. The average molecular weight is 324 g/mol. The van der Waals surface area contributed by atoms with Gasteiger partial charge in [-0.25, -0.2) is 0 Å². The second-order valence-electron chi connectivity index (χ2n) is 5.21. The van der Waals surface area contributed by atoms with Crippen LogP contribution in [0.25, 0.3) is 0 Å². The molecular weight excluding hydrogens is 302 g/mol. The first-order valence-electron chi connectivity index (χ1n) is 7.19. The van der Waals surface area contributed by atoms with E-state index in [0.29, 0.717) is 5.92 Å². The fourth-order valence-electron chi connectivity index (χ4n) is 2.30. The van der Waals surface area contributed by atoms with Gasteiger partial charge in [0.15, 0.2) is 0 Å². The van der Waals surface area contributed by atoms with Gasteiger partial charge in [-0.1, -0.05) is 41.4 Å². The molecule has 1 atom stereocenters. The van der Waals surface area contributed by atoms with Gasteiger partial charge in [-0.15, -0.1) is 11.3 Å². The predicted molar refractivity (Wildman–Crippen MR) is 91.7 cm³/mol. The molecule has 0 aliphatic heterocycles. The van der Waals surface area contributed by atoms with Gasteiger partial charge >= 0.3 is 0 Å². The van der Waals surface area contributed by atoms with Gasteiger partial charge in [0.1, 0.15) is 0 Å². The summed E-state index contributed by atoms with van der Waals surface area (Å²) in [6, 6.07) is 12.9. The van der Waals surface area contributed by atoms with Gasteiger partial charge in [0, 0.05) is 31.0 Å². The van der Waals surface area contributed by atoms with Crippen molar-refractivity contribution in [3.05, 3.63) is 56.7 Å². The van der Waals surface area contributed by atoms with Gasteiger partial charge < -0.3 is 10.1 Å². The molecule has 1 heterocycles. The molecule has 21 heavy (non-hydrogen) atoms. The van der Waals surface area contributed by atoms with Crippen LogP contribution in [0.2, 0.25) is 4.34 Å². The first kappa shape index (κ1) is 16.5. The summed E-state index contributed by atoms with van der Waals surface area (Å²) in [6.45, 7) is 4.69. The number of ether oxygens (including phenoxy) is 1. The van der Waals surface area contributed by atoms with E-state index in [4.69, 9.17) is 16.3 Å². The number of thiophene rings is 1. The maximum atomic E-state index is 6.04. The monoisotopic (exact) mass is 323 g/mol. The zero-order chi connectivity index (χ0) is 15.1. The summed E-state index contributed by atoms with van der Waals surface area (Å²) < 4.78 is 5.95. The summed E-state index contributed by atoms with van der Waals surface area (Å²) in [4.78, 5) is 1.33. The van der Waals surface area contributed by atoms with Gasteiger partial charge in [-0.2, -0.15) is 0 Å². The van der Waals surface area contributed by atoms with E-state index in [0.717, 1.165) is 30.5 Å². The van der Waals surface area contributed by atoms with E-state index >= 15 is 0 Å².